The van der Waals surface area contributed by atoms with Crippen LogP contribution >= 0.6 is 0 Å². The normalized spacial score (nSPS) is 17.3. The Morgan fingerprint density at radius 1 is 1.07 bits per heavy atom. The van der Waals surface area contributed by atoms with E-state index in [-0.39, 0.29) is 17.7 Å². The first-order valence-electron chi connectivity index (χ1n) is 9.51. The third-order valence-corrected chi connectivity index (χ3v) is 5.02. The number of piperidine rings is 1. The Labute approximate surface area is 160 Å². The number of hydrogen-bond acceptors (Lipinski definition) is 3. The second-order valence-corrected chi connectivity index (χ2v) is 7.13. The van der Waals surface area contributed by atoms with Gasteiger partial charge in [-0.05, 0) is 49.6 Å². The van der Waals surface area contributed by atoms with Crippen molar-refractivity contribution in [2.24, 2.45) is 5.92 Å². The second kappa shape index (κ2) is 9.33. The molecule has 5 nitrogen and oxygen atoms in total. The van der Waals surface area contributed by atoms with E-state index in [0.717, 1.165) is 30.6 Å². The number of likely N-dealkylation sites (tertiary alicyclic amines) is 1. The van der Waals surface area contributed by atoms with Gasteiger partial charge in [0, 0.05) is 18.8 Å². The Balaban J connectivity index is 1.47. The van der Waals surface area contributed by atoms with Crippen LogP contribution < -0.4 is 10.6 Å². The lowest BCUT2D eigenvalue weighted by atomic mass is 9.97. The van der Waals surface area contributed by atoms with E-state index >= 15 is 0 Å². The second-order valence-electron chi connectivity index (χ2n) is 7.13. The van der Waals surface area contributed by atoms with Gasteiger partial charge in [-0.25, -0.2) is 0 Å². The molecule has 1 atom stereocenters. The van der Waals surface area contributed by atoms with Gasteiger partial charge in [-0.1, -0.05) is 42.5 Å². The van der Waals surface area contributed by atoms with Crippen molar-refractivity contribution in [1.29, 1.82) is 0 Å². The predicted molar refractivity (Wildman–Crippen MR) is 107 cm³/mol. The minimum absolute atomic E-state index is 0.00219. The van der Waals surface area contributed by atoms with E-state index in [9.17, 15) is 9.59 Å². The van der Waals surface area contributed by atoms with Crippen molar-refractivity contribution >= 4 is 17.5 Å². The fraction of sp³-hybridized carbons (Fsp3) is 0.364. The summed E-state index contributed by atoms with van der Waals surface area (Å²) in [7, 11) is 0. The zero-order valence-corrected chi connectivity index (χ0v) is 15.8. The SMILES string of the molecule is Cc1ccccc1CNC(=O)CN1CCCC(C(=O)Nc2ccccc2)C1. The van der Waals surface area contributed by atoms with Crippen molar-refractivity contribution in [3.8, 4) is 0 Å². The number of rotatable bonds is 6. The Morgan fingerprint density at radius 2 is 1.81 bits per heavy atom. The Kier molecular flexibility index (Phi) is 6.60. The van der Waals surface area contributed by atoms with Crippen LogP contribution in [-0.4, -0.2) is 36.3 Å². The number of hydrogen-bond donors (Lipinski definition) is 2. The predicted octanol–water partition coefficient (Wildman–Crippen LogP) is 2.96. The van der Waals surface area contributed by atoms with Crippen LogP contribution in [0, 0.1) is 12.8 Å². The topological polar surface area (TPSA) is 61.4 Å². The molecule has 2 amide bonds. The third kappa shape index (κ3) is 5.66. The first kappa shape index (κ1) is 19.1. The largest absolute Gasteiger partial charge is 0.351 e. The van der Waals surface area contributed by atoms with Gasteiger partial charge in [0.05, 0.1) is 12.5 Å². The van der Waals surface area contributed by atoms with Crippen LogP contribution in [-0.2, 0) is 16.1 Å². The monoisotopic (exact) mass is 365 g/mol. The van der Waals surface area contributed by atoms with Crippen molar-refractivity contribution in [2.75, 3.05) is 25.0 Å². The van der Waals surface area contributed by atoms with Crippen LogP contribution in [0.2, 0.25) is 0 Å². The maximum absolute atomic E-state index is 12.5. The highest BCUT2D eigenvalue weighted by Crippen LogP contribution is 2.18. The molecule has 1 aliphatic heterocycles. The molecular formula is C22H27N3O2. The van der Waals surface area contributed by atoms with Crippen LogP contribution in [0.15, 0.2) is 54.6 Å². The summed E-state index contributed by atoms with van der Waals surface area (Å²) in [6, 6.07) is 17.6. The van der Waals surface area contributed by atoms with E-state index in [4.69, 9.17) is 0 Å². The molecule has 0 aliphatic carbocycles. The van der Waals surface area contributed by atoms with Gasteiger partial charge in [0.2, 0.25) is 11.8 Å². The number of aryl methyl sites for hydroxylation is 1. The summed E-state index contributed by atoms with van der Waals surface area (Å²) in [5.41, 5.74) is 3.12. The summed E-state index contributed by atoms with van der Waals surface area (Å²) in [5, 5.41) is 5.96. The van der Waals surface area contributed by atoms with Crippen molar-refractivity contribution in [2.45, 2.75) is 26.3 Å². The molecule has 0 radical (unpaired) electrons. The first-order valence-corrected chi connectivity index (χ1v) is 9.51. The highest BCUT2D eigenvalue weighted by Gasteiger charge is 2.26. The van der Waals surface area contributed by atoms with E-state index in [2.05, 4.69) is 15.5 Å². The molecule has 27 heavy (non-hydrogen) atoms. The maximum Gasteiger partial charge on any atom is 0.234 e. The minimum atomic E-state index is -0.0804. The lowest BCUT2D eigenvalue weighted by molar-refractivity contribution is -0.125. The highest BCUT2D eigenvalue weighted by atomic mass is 16.2. The fourth-order valence-electron chi connectivity index (χ4n) is 3.44. The molecule has 2 aromatic rings. The molecule has 2 aromatic carbocycles. The maximum atomic E-state index is 12.5. The molecule has 1 heterocycles. The van der Waals surface area contributed by atoms with Crippen molar-refractivity contribution in [3.05, 3.63) is 65.7 Å². The Bertz CT molecular complexity index is 776. The number of anilines is 1. The summed E-state index contributed by atoms with van der Waals surface area (Å²) in [6.45, 7) is 4.39. The molecule has 0 saturated carbocycles. The van der Waals surface area contributed by atoms with Crippen LogP contribution in [0.4, 0.5) is 5.69 Å². The lowest BCUT2D eigenvalue weighted by Gasteiger charge is -2.31. The zero-order valence-electron chi connectivity index (χ0n) is 15.8. The summed E-state index contributed by atoms with van der Waals surface area (Å²) in [5.74, 6) is -0.0447. The van der Waals surface area contributed by atoms with Gasteiger partial charge >= 0.3 is 0 Å². The lowest BCUT2D eigenvalue weighted by Crippen LogP contribution is -2.45. The molecule has 2 N–H and O–H groups in total. The molecule has 1 aliphatic rings. The number of carbonyl (C=O) groups is 2. The third-order valence-electron chi connectivity index (χ3n) is 5.02. The smallest absolute Gasteiger partial charge is 0.234 e. The average molecular weight is 365 g/mol. The number of para-hydroxylation sites is 1. The highest BCUT2D eigenvalue weighted by molar-refractivity contribution is 5.92. The van der Waals surface area contributed by atoms with E-state index in [1.807, 2.05) is 61.5 Å². The number of nitrogens with zero attached hydrogens (tertiary/aromatic N) is 1. The van der Waals surface area contributed by atoms with Crippen LogP contribution in [0.5, 0.6) is 0 Å². The molecule has 1 saturated heterocycles. The first-order chi connectivity index (χ1) is 13.1. The average Bonchev–Trinajstić information content (AvgIpc) is 2.68. The van der Waals surface area contributed by atoms with E-state index in [1.165, 1.54) is 5.56 Å². The van der Waals surface area contributed by atoms with Gasteiger partial charge in [0.1, 0.15) is 0 Å². The minimum Gasteiger partial charge on any atom is -0.351 e. The van der Waals surface area contributed by atoms with E-state index in [0.29, 0.717) is 19.6 Å². The van der Waals surface area contributed by atoms with Crippen molar-refractivity contribution < 1.29 is 9.59 Å². The van der Waals surface area contributed by atoms with Gasteiger partial charge in [-0.15, -0.1) is 0 Å². The van der Waals surface area contributed by atoms with Crippen LogP contribution in [0.3, 0.4) is 0 Å². The van der Waals surface area contributed by atoms with E-state index < -0.39 is 0 Å². The van der Waals surface area contributed by atoms with Gasteiger partial charge < -0.3 is 10.6 Å². The Hall–Kier alpha value is -2.66. The quantitative estimate of drug-likeness (QED) is 0.827. The molecule has 1 unspecified atom stereocenters. The summed E-state index contributed by atoms with van der Waals surface area (Å²) < 4.78 is 0. The summed E-state index contributed by atoms with van der Waals surface area (Å²) in [4.78, 5) is 26.9. The molecule has 1 fully saturated rings. The van der Waals surface area contributed by atoms with Gasteiger partial charge in [0.15, 0.2) is 0 Å². The van der Waals surface area contributed by atoms with Gasteiger partial charge in [-0.3, -0.25) is 14.5 Å². The molecular weight excluding hydrogens is 338 g/mol. The molecule has 0 spiro atoms. The van der Waals surface area contributed by atoms with Gasteiger partial charge in [0.25, 0.3) is 0 Å². The summed E-state index contributed by atoms with van der Waals surface area (Å²) in [6.07, 6.45) is 1.79. The number of nitrogens with one attached hydrogen (secondary N) is 2. The summed E-state index contributed by atoms with van der Waals surface area (Å²) >= 11 is 0. The Morgan fingerprint density at radius 3 is 2.59 bits per heavy atom. The molecule has 0 aromatic heterocycles. The number of benzene rings is 2. The zero-order chi connectivity index (χ0) is 19.1. The van der Waals surface area contributed by atoms with E-state index in [1.54, 1.807) is 0 Å². The van der Waals surface area contributed by atoms with Gasteiger partial charge in [-0.2, -0.15) is 0 Å². The molecule has 5 heteroatoms. The number of carbonyl (C=O) groups excluding carboxylic acids is 2. The standard InChI is InChI=1S/C22H27N3O2/c1-17-8-5-6-9-18(17)14-23-21(26)16-25-13-7-10-19(15-25)22(27)24-20-11-3-2-4-12-20/h2-6,8-9,11-12,19H,7,10,13-16H2,1H3,(H,23,26)(H,24,27). The van der Waals surface area contributed by atoms with Crippen molar-refractivity contribution in [1.82, 2.24) is 10.2 Å². The molecule has 142 valence electrons. The van der Waals surface area contributed by atoms with Crippen LogP contribution in [0.25, 0.3) is 0 Å². The molecule has 3 rings (SSSR count). The number of amides is 2. The van der Waals surface area contributed by atoms with Crippen molar-refractivity contribution in [3.63, 3.8) is 0 Å². The fourth-order valence-corrected chi connectivity index (χ4v) is 3.44. The van der Waals surface area contributed by atoms with Crippen LogP contribution in [0.1, 0.15) is 24.0 Å². The molecule has 0 bridgehead atoms.